The van der Waals surface area contributed by atoms with Crippen LogP contribution in [0, 0.1) is 0 Å². The number of carbonyl (C=O) groups is 1. The molecular weight excluding hydrogens is 392 g/mol. The molecule has 0 spiro atoms. The Bertz CT molecular complexity index is 971. The van der Waals surface area contributed by atoms with E-state index >= 15 is 0 Å². The van der Waals surface area contributed by atoms with Crippen LogP contribution in [0.3, 0.4) is 0 Å². The zero-order valence-corrected chi connectivity index (χ0v) is 18.3. The minimum atomic E-state index is 0.106. The summed E-state index contributed by atoms with van der Waals surface area (Å²) in [5.74, 6) is 1.59. The van der Waals surface area contributed by atoms with Gasteiger partial charge in [-0.2, -0.15) is 0 Å². The smallest absolute Gasteiger partial charge is 0.222 e. The third kappa shape index (κ3) is 4.28. The van der Waals surface area contributed by atoms with Gasteiger partial charge in [-0.3, -0.25) is 9.78 Å². The number of hydrogen-bond acceptors (Lipinski definition) is 6. The fraction of sp³-hybridized carbons (Fsp3) is 0.583. The number of ether oxygens (including phenoxy) is 2. The minimum absolute atomic E-state index is 0.106. The average Bonchev–Trinajstić information content (AvgIpc) is 3.53. The SMILES string of the molecule is COc1cc2c(NC3CNC(=O)C3)c3c(nc2cc1OCCCN1CCCC1)CCC3. The van der Waals surface area contributed by atoms with Crippen LogP contribution in [0.1, 0.15) is 43.4 Å². The van der Waals surface area contributed by atoms with E-state index in [1.807, 2.05) is 12.1 Å². The van der Waals surface area contributed by atoms with Gasteiger partial charge >= 0.3 is 0 Å². The molecule has 0 bridgehead atoms. The van der Waals surface area contributed by atoms with Gasteiger partial charge in [0.05, 0.1) is 25.3 Å². The molecule has 7 heteroatoms. The lowest BCUT2D eigenvalue weighted by Gasteiger charge is -2.20. The van der Waals surface area contributed by atoms with Crippen molar-refractivity contribution in [3.63, 3.8) is 0 Å². The van der Waals surface area contributed by atoms with Crippen LogP contribution in [0.25, 0.3) is 10.9 Å². The molecule has 3 heterocycles. The second kappa shape index (κ2) is 8.91. The van der Waals surface area contributed by atoms with Crippen molar-refractivity contribution >= 4 is 22.5 Å². The van der Waals surface area contributed by atoms with Crippen molar-refractivity contribution in [1.29, 1.82) is 0 Å². The van der Waals surface area contributed by atoms with Gasteiger partial charge in [-0.15, -0.1) is 0 Å². The predicted octanol–water partition coefficient (Wildman–Crippen LogP) is 2.90. The average molecular weight is 425 g/mol. The normalized spacial score (nSPS) is 20.8. The third-order valence-corrected chi connectivity index (χ3v) is 6.70. The molecule has 1 amide bonds. The number of likely N-dealkylation sites (tertiary alicyclic amines) is 1. The van der Waals surface area contributed by atoms with E-state index in [1.54, 1.807) is 7.11 Å². The standard InChI is InChI=1S/C24H32N4O3/c1-30-21-13-18-20(14-22(21)31-11-5-10-28-8-2-3-9-28)27-19-7-4-6-17(19)24(18)26-16-12-23(29)25-15-16/h13-14,16H,2-12,15H2,1H3,(H,25,29)(H,26,27). The lowest BCUT2D eigenvalue weighted by molar-refractivity contribution is -0.119. The van der Waals surface area contributed by atoms with Crippen LogP contribution in [0.2, 0.25) is 0 Å². The summed E-state index contributed by atoms with van der Waals surface area (Å²) < 4.78 is 11.8. The zero-order valence-electron chi connectivity index (χ0n) is 18.3. The number of amides is 1. The Labute approximate surface area is 183 Å². The molecule has 166 valence electrons. The fourth-order valence-electron chi connectivity index (χ4n) is 5.10. The minimum Gasteiger partial charge on any atom is -0.493 e. The maximum atomic E-state index is 11.7. The number of nitrogens with zero attached hydrogens (tertiary/aromatic N) is 2. The number of anilines is 1. The first kappa shape index (κ1) is 20.4. The molecule has 2 aliphatic heterocycles. The third-order valence-electron chi connectivity index (χ3n) is 6.70. The second-order valence-corrected chi connectivity index (χ2v) is 8.89. The molecule has 1 aromatic heterocycles. The first-order chi connectivity index (χ1) is 15.2. The topological polar surface area (TPSA) is 75.7 Å². The van der Waals surface area contributed by atoms with Crippen LogP contribution < -0.4 is 20.1 Å². The molecule has 2 aromatic rings. The highest BCUT2D eigenvalue weighted by atomic mass is 16.5. The van der Waals surface area contributed by atoms with Gasteiger partial charge in [-0.1, -0.05) is 0 Å². The Morgan fingerprint density at radius 2 is 2.06 bits per heavy atom. The Morgan fingerprint density at radius 3 is 2.84 bits per heavy atom. The molecule has 0 radical (unpaired) electrons. The number of hydrogen-bond donors (Lipinski definition) is 2. The van der Waals surface area contributed by atoms with E-state index in [0.717, 1.165) is 66.0 Å². The van der Waals surface area contributed by atoms with Crippen LogP contribution in [0.15, 0.2) is 12.1 Å². The predicted molar refractivity (Wildman–Crippen MR) is 121 cm³/mol. The molecule has 1 aromatic carbocycles. The highest BCUT2D eigenvalue weighted by Gasteiger charge is 2.26. The summed E-state index contributed by atoms with van der Waals surface area (Å²) in [6.07, 6.45) is 7.29. The maximum absolute atomic E-state index is 11.7. The van der Waals surface area contributed by atoms with Crippen molar-refractivity contribution in [1.82, 2.24) is 15.2 Å². The van der Waals surface area contributed by atoms with Crippen LogP contribution in [0.5, 0.6) is 11.5 Å². The van der Waals surface area contributed by atoms with Gasteiger partial charge in [0.15, 0.2) is 11.5 Å². The Hall–Kier alpha value is -2.54. The molecule has 5 rings (SSSR count). The number of fused-ring (bicyclic) bond motifs is 2. The summed E-state index contributed by atoms with van der Waals surface area (Å²) >= 11 is 0. The van der Waals surface area contributed by atoms with Gasteiger partial charge in [0, 0.05) is 42.3 Å². The first-order valence-electron chi connectivity index (χ1n) is 11.6. The van der Waals surface area contributed by atoms with Crippen molar-refractivity contribution in [2.24, 2.45) is 0 Å². The van der Waals surface area contributed by atoms with Crippen molar-refractivity contribution in [3.8, 4) is 11.5 Å². The van der Waals surface area contributed by atoms with Gasteiger partial charge in [0.25, 0.3) is 0 Å². The molecule has 31 heavy (non-hydrogen) atoms. The van der Waals surface area contributed by atoms with E-state index in [2.05, 4.69) is 15.5 Å². The monoisotopic (exact) mass is 424 g/mol. The van der Waals surface area contributed by atoms with Crippen molar-refractivity contribution < 1.29 is 14.3 Å². The number of aryl methyl sites for hydroxylation is 1. The number of nitrogens with one attached hydrogen (secondary N) is 2. The number of benzene rings is 1. The lowest BCUT2D eigenvalue weighted by Crippen LogP contribution is -2.23. The quantitative estimate of drug-likeness (QED) is 0.635. The summed E-state index contributed by atoms with van der Waals surface area (Å²) in [6, 6.07) is 4.17. The number of pyridine rings is 1. The number of rotatable bonds is 8. The summed E-state index contributed by atoms with van der Waals surface area (Å²) in [5, 5.41) is 7.61. The largest absolute Gasteiger partial charge is 0.493 e. The van der Waals surface area contributed by atoms with Crippen molar-refractivity contribution in [2.75, 3.05) is 45.2 Å². The second-order valence-electron chi connectivity index (χ2n) is 8.89. The highest BCUT2D eigenvalue weighted by Crippen LogP contribution is 2.40. The summed E-state index contributed by atoms with van der Waals surface area (Å²) in [6.45, 7) is 4.85. The molecule has 1 aliphatic carbocycles. The maximum Gasteiger partial charge on any atom is 0.222 e. The van der Waals surface area contributed by atoms with E-state index in [-0.39, 0.29) is 11.9 Å². The van der Waals surface area contributed by atoms with Crippen molar-refractivity contribution in [3.05, 3.63) is 23.4 Å². The molecule has 2 N–H and O–H groups in total. The molecule has 1 atom stereocenters. The number of aromatic nitrogens is 1. The van der Waals surface area contributed by atoms with Gasteiger partial charge in [-0.25, -0.2) is 0 Å². The van der Waals surface area contributed by atoms with Gasteiger partial charge in [0.1, 0.15) is 0 Å². The van der Waals surface area contributed by atoms with Gasteiger partial charge in [-0.05, 0) is 63.2 Å². The Kier molecular flexibility index (Phi) is 5.85. The lowest BCUT2D eigenvalue weighted by atomic mass is 10.0. The molecular formula is C24H32N4O3. The van der Waals surface area contributed by atoms with Gasteiger partial charge < -0.3 is 25.0 Å². The number of methoxy groups -OCH3 is 1. The highest BCUT2D eigenvalue weighted by molar-refractivity contribution is 5.96. The van der Waals surface area contributed by atoms with E-state index in [1.165, 1.54) is 31.5 Å². The molecule has 0 saturated carbocycles. The molecule has 2 saturated heterocycles. The van der Waals surface area contributed by atoms with Crippen LogP contribution in [-0.2, 0) is 17.6 Å². The Balaban J connectivity index is 1.40. The first-order valence-corrected chi connectivity index (χ1v) is 11.6. The van der Waals surface area contributed by atoms with E-state index in [0.29, 0.717) is 19.6 Å². The number of carbonyl (C=O) groups excluding carboxylic acids is 1. The zero-order chi connectivity index (χ0) is 21.2. The van der Waals surface area contributed by atoms with Crippen molar-refractivity contribution in [2.45, 2.75) is 51.0 Å². The van der Waals surface area contributed by atoms with E-state index in [9.17, 15) is 4.79 Å². The van der Waals surface area contributed by atoms with E-state index < -0.39 is 0 Å². The molecule has 2 fully saturated rings. The Morgan fingerprint density at radius 1 is 1.19 bits per heavy atom. The summed E-state index contributed by atoms with van der Waals surface area (Å²) in [5.41, 5.74) is 4.49. The van der Waals surface area contributed by atoms with Crippen LogP contribution >= 0.6 is 0 Å². The van der Waals surface area contributed by atoms with Crippen LogP contribution in [0.4, 0.5) is 5.69 Å². The fourth-order valence-corrected chi connectivity index (χ4v) is 5.10. The molecule has 1 unspecified atom stereocenters. The van der Waals surface area contributed by atoms with E-state index in [4.69, 9.17) is 14.5 Å². The summed E-state index contributed by atoms with van der Waals surface area (Å²) in [4.78, 5) is 19.2. The van der Waals surface area contributed by atoms with Gasteiger partial charge in [0.2, 0.25) is 5.91 Å². The molecule has 7 nitrogen and oxygen atoms in total. The van der Waals surface area contributed by atoms with Crippen LogP contribution in [-0.4, -0.2) is 61.7 Å². The molecule has 3 aliphatic rings. The summed E-state index contributed by atoms with van der Waals surface area (Å²) in [7, 11) is 1.69.